The minimum atomic E-state index is -0.265. The average Bonchev–Trinajstić information content (AvgIpc) is 3.36. The van der Waals surface area contributed by atoms with E-state index in [9.17, 15) is 9.59 Å². The quantitative estimate of drug-likeness (QED) is 0.470. The summed E-state index contributed by atoms with van der Waals surface area (Å²) in [5, 5.41) is 0. The van der Waals surface area contributed by atoms with Crippen molar-refractivity contribution in [1.29, 1.82) is 0 Å². The van der Waals surface area contributed by atoms with Crippen molar-refractivity contribution < 1.29 is 14.3 Å². The highest BCUT2D eigenvalue weighted by molar-refractivity contribution is 5.89. The van der Waals surface area contributed by atoms with Crippen molar-refractivity contribution in [3.8, 4) is 5.75 Å². The minimum absolute atomic E-state index is 0.000338. The molecule has 2 aromatic carbocycles. The lowest BCUT2D eigenvalue weighted by molar-refractivity contribution is -0.144. The second-order valence-electron chi connectivity index (χ2n) is 9.32. The van der Waals surface area contributed by atoms with Crippen molar-refractivity contribution in [1.82, 2.24) is 14.4 Å². The second-order valence-corrected chi connectivity index (χ2v) is 9.32. The van der Waals surface area contributed by atoms with Gasteiger partial charge < -0.3 is 19.1 Å². The van der Waals surface area contributed by atoms with Crippen LogP contribution in [0.2, 0.25) is 0 Å². The summed E-state index contributed by atoms with van der Waals surface area (Å²) in [4.78, 5) is 31.1. The van der Waals surface area contributed by atoms with Gasteiger partial charge in [0.25, 0.3) is 0 Å². The number of amides is 2. The van der Waals surface area contributed by atoms with E-state index in [0.717, 1.165) is 29.1 Å². The van der Waals surface area contributed by atoms with Crippen LogP contribution in [-0.4, -0.2) is 52.4 Å². The number of hydrogen-bond acceptors (Lipinski definition) is 3. The normalized spacial score (nSPS) is 16.0. The van der Waals surface area contributed by atoms with Gasteiger partial charge in [-0.05, 0) is 55.7 Å². The summed E-state index contributed by atoms with van der Waals surface area (Å²) in [6.07, 6.45) is 2.74. The van der Waals surface area contributed by atoms with Crippen LogP contribution in [0.1, 0.15) is 56.0 Å². The molecule has 3 aromatic rings. The molecule has 1 aliphatic rings. The van der Waals surface area contributed by atoms with Crippen LogP contribution in [-0.2, 0) is 16.1 Å². The number of aromatic nitrogens is 1. The molecular formula is C29H35N3O3. The van der Waals surface area contributed by atoms with Crippen LogP contribution in [0.5, 0.6) is 5.75 Å². The van der Waals surface area contributed by atoms with Crippen molar-refractivity contribution in [2.75, 3.05) is 20.2 Å². The predicted molar refractivity (Wildman–Crippen MR) is 137 cm³/mol. The van der Waals surface area contributed by atoms with Gasteiger partial charge in [0.1, 0.15) is 12.3 Å². The van der Waals surface area contributed by atoms with Crippen molar-refractivity contribution >= 4 is 11.8 Å². The van der Waals surface area contributed by atoms with Gasteiger partial charge in [-0.25, -0.2) is 0 Å². The molecule has 0 bridgehead atoms. The lowest BCUT2D eigenvalue weighted by Crippen LogP contribution is -2.50. The Morgan fingerprint density at radius 3 is 2.49 bits per heavy atom. The Hall–Kier alpha value is -3.54. The molecule has 4 rings (SSSR count). The monoisotopic (exact) mass is 473 g/mol. The molecule has 1 aliphatic heterocycles. The Balaban J connectivity index is 1.62. The molecule has 0 radical (unpaired) electrons. The summed E-state index contributed by atoms with van der Waals surface area (Å²) < 4.78 is 7.65. The number of hydrogen-bond donors (Lipinski definition) is 0. The van der Waals surface area contributed by atoms with Gasteiger partial charge in [-0.3, -0.25) is 9.59 Å². The van der Waals surface area contributed by atoms with Gasteiger partial charge in [-0.2, -0.15) is 0 Å². The lowest BCUT2D eigenvalue weighted by atomic mass is 9.94. The molecule has 35 heavy (non-hydrogen) atoms. The molecule has 2 heterocycles. The number of rotatable bonds is 8. The molecule has 2 unspecified atom stereocenters. The Morgan fingerprint density at radius 2 is 1.80 bits per heavy atom. The largest absolute Gasteiger partial charge is 0.497 e. The van der Waals surface area contributed by atoms with E-state index in [1.807, 2.05) is 86.3 Å². The van der Waals surface area contributed by atoms with E-state index in [-0.39, 0.29) is 36.4 Å². The van der Waals surface area contributed by atoms with Crippen LogP contribution in [0.4, 0.5) is 0 Å². The number of nitrogens with zero attached hydrogens (tertiary/aromatic N) is 3. The van der Waals surface area contributed by atoms with Crippen molar-refractivity contribution in [3.63, 3.8) is 0 Å². The van der Waals surface area contributed by atoms with E-state index >= 15 is 0 Å². The van der Waals surface area contributed by atoms with Crippen LogP contribution in [0.25, 0.3) is 0 Å². The summed E-state index contributed by atoms with van der Waals surface area (Å²) in [5.41, 5.74) is 3.05. The van der Waals surface area contributed by atoms with Gasteiger partial charge in [0.15, 0.2) is 0 Å². The fourth-order valence-corrected chi connectivity index (χ4v) is 5.00. The van der Waals surface area contributed by atoms with Gasteiger partial charge in [-0.1, -0.05) is 49.4 Å². The maximum atomic E-state index is 13.8. The minimum Gasteiger partial charge on any atom is -0.497 e. The number of carbonyl (C=O) groups is 2. The molecular weight excluding hydrogens is 438 g/mol. The van der Waals surface area contributed by atoms with Gasteiger partial charge in [0.05, 0.1) is 19.1 Å². The van der Waals surface area contributed by atoms with Gasteiger partial charge >= 0.3 is 0 Å². The van der Waals surface area contributed by atoms with E-state index in [1.165, 1.54) is 0 Å². The highest BCUT2D eigenvalue weighted by Gasteiger charge is 2.35. The topological polar surface area (TPSA) is 54.8 Å². The smallest absolute Gasteiger partial charge is 0.243 e. The van der Waals surface area contributed by atoms with Crippen molar-refractivity contribution in [3.05, 3.63) is 89.7 Å². The third kappa shape index (κ3) is 5.11. The maximum Gasteiger partial charge on any atom is 0.243 e. The average molecular weight is 474 g/mol. The molecule has 6 nitrogen and oxygen atoms in total. The summed E-state index contributed by atoms with van der Waals surface area (Å²) in [6.45, 7) is 7.34. The van der Waals surface area contributed by atoms with Gasteiger partial charge in [-0.15, -0.1) is 0 Å². The van der Waals surface area contributed by atoms with E-state index < -0.39 is 0 Å². The van der Waals surface area contributed by atoms with E-state index in [0.29, 0.717) is 13.0 Å². The zero-order chi connectivity index (χ0) is 24.9. The Bertz CT molecular complexity index is 1150. The Morgan fingerprint density at radius 1 is 1.03 bits per heavy atom. The standard InChI is InChI=1S/C29H35N3O3/c1-5-25(22-11-7-6-8-12-22)29(34)32(21(2)3)20-27(33)31-18-17-30-16-10-15-26(30)28(31)23-13-9-14-24(19-23)35-4/h6-16,19,21,25,28H,5,17-18,20H2,1-4H3. The summed E-state index contributed by atoms with van der Waals surface area (Å²) >= 11 is 0. The first kappa shape index (κ1) is 24.6. The van der Waals surface area contributed by atoms with Crippen molar-refractivity contribution in [2.45, 2.75) is 51.7 Å². The first-order valence-electron chi connectivity index (χ1n) is 12.4. The van der Waals surface area contributed by atoms with E-state index in [2.05, 4.69) is 16.8 Å². The van der Waals surface area contributed by atoms with Crippen LogP contribution in [0.3, 0.4) is 0 Å². The maximum absolute atomic E-state index is 13.8. The molecule has 0 N–H and O–H groups in total. The first-order chi connectivity index (χ1) is 16.9. The summed E-state index contributed by atoms with van der Waals surface area (Å²) in [7, 11) is 1.65. The molecule has 2 atom stereocenters. The predicted octanol–water partition coefficient (Wildman–Crippen LogP) is 4.86. The zero-order valence-corrected chi connectivity index (χ0v) is 21.1. The molecule has 0 aliphatic carbocycles. The summed E-state index contributed by atoms with van der Waals surface area (Å²) in [6, 6.07) is 21.5. The fraction of sp³-hybridized carbons (Fsp3) is 0.379. The SMILES string of the molecule is CCC(C(=O)N(CC(=O)N1CCn2cccc2C1c1cccc(OC)c1)C(C)C)c1ccccc1. The highest BCUT2D eigenvalue weighted by Crippen LogP contribution is 2.34. The highest BCUT2D eigenvalue weighted by atomic mass is 16.5. The number of methoxy groups -OCH3 is 1. The van der Waals surface area contributed by atoms with Crippen molar-refractivity contribution in [2.24, 2.45) is 0 Å². The van der Waals surface area contributed by atoms with Gasteiger partial charge in [0.2, 0.25) is 11.8 Å². The molecule has 6 heteroatoms. The molecule has 0 saturated heterocycles. The van der Waals surface area contributed by atoms with Crippen LogP contribution < -0.4 is 4.74 Å². The molecule has 2 amide bonds. The number of fused-ring (bicyclic) bond motifs is 1. The Labute approximate surface area is 208 Å². The van der Waals surface area contributed by atoms with E-state index in [4.69, 9.17) is 4.74 Å². The fourth-order valence-electron chi connectivity index (χ4n) is 5.00. The zero-order valence-electron chi connectivity index (χ0n) is 21.1. The number of ether oxygens (including phenoxy) is 1. The first-order valence-corrected chi connectivity index (χ1v) is 12.4. The van der Waals surface area contributed by atoms with Crippen LogP contribution >= 0.6 is 0 Å². The number of carbonyl (C=O) groups excluding carboxylic acids is 2. The summed E-state index contributed by atoms with van der Waals surface area (Å²) in [5.74, 6) is 0.445. The second kappa shape index (κ2) is 10.8. The van der Waals surface area contributed by atoms with Gasteiger partial charge in [0, 0.05) is 31.0 Å². The molecule has 184 valence electrons. The third-order valence-electron chi connectivity index (χ3n) is 6.89. The number of benzene rings is 2. The molecule has 0 saturated carbocycles. The Kier molecular flexibility index (Phi) is 7.59. The van der Waals surface area contributed by atoms with E-state index in [1.54, 1.807) is 12.0 Å². The van der Waals surface area contributed by atoms with Crippen LogP contribution in [0, 0.1) is 0 Å². The third-order valence-corrected chi connectivity index (χ3v) is 6.89. The lowest BCUT2D eigenvalue weighted by Gasteiger charge is -2.39. The molecule has 1 aromatic heterocycles. The van der Waals surface area contributed by atoms with Crippen LogP contribution in [0.15, 0.2) is 72.9 Å². The molecule has 0 spiro atoms. The molecule has 0 fully saturated rings.